The smallest absolute Gasteiger partial charge is 0.314 e. The summed E-state index contributed by atoms with van der Waals surface area (Å²) in [6.45, 7) is 3.68. The molecule has 1 aliphatic heterocycles. The van der Waals surface area contributed by atoms with E-state index in [1.807, 2.05) is 36.4 Å². The first-order valence-corrected chi connectivity index (χ1v) is 14.0. The molecule has 12 nitrogen and oxygen atoms in total. The van der Waals surface area contributed by atoms with Crippen LogP contribution in [0.5, 0.6) is 0 Å². The molecule has 0 saturated carbocycles. The Morgan fingerprint density at radius 3 is 2.37 bits per heavy atom. The van der Waals surface area contributed by atoms with Crippen molar-refractivity contribution in [2.45, 2.75) is 52.4 Å². The third kappa shape index (κ3) is 7.22. The Morgan fingerprint density at radius 2 is 1.65 bits per heavy atom. The van der Waals surface area contributed by atoms with E-state index in [9.17, 15) is 19.2 Å². The summed E-state index contributed by atoms with van der Waals surface area (Å²) in [4.78, 5) is 56.4. The second kappa shape index (κ2) is 13.3. The molecule has 1 fully saturated rings. The molecule has 1 saturated heterocycles. The summed E-state index contributed by atoms with van der Waals surface area (Å²) in [5, 5.41) is 13.2. The van der Waals surface area contributed by atoms with Gasteiger partial charge < -0.3 is 25.6 Å². The summed E-state index contributed by atoms with van der Waals surface area (Å²) in [5.74, 6) is -1.84. The Labute approximate surface area is 248 Å². The summed E-state index contributed by atoms with van der Waals surface area (Å²) < 4.78 is 7.61. The Kier molecular flexibility index (Phi) is 9.06. The molecule has 2 aromatic heterocycles. The molecule has 4 amide bonds. The van der Waals surface area contributed by atoms with Gasteiger partial charge in [-0.2, -0.15) is 5.10 Å². The largest absolute Gasteiger partial charge is 0.356 e. The average Bonchev–Trinajstić information content (AvgIpc) is 3.44. The van der Waals surface area contributed by atoms with Crippen LogP contribution in [-0.2, 0) is 37.0 Å². The molecule has 1 aliphatic rings. The molecule has 0 radical (unpaired) electrons. The molecule has 12 heteroatoms. The molecule has 2 aromatic carbocycles. The first-order chi connectivity index (χ1) is 20.8. The van der Waals surface area contributed by atoms with Crippen LogP contribution in [0.4, 0.5) is 17.2 Å². The van der Waals surface area contributed by atoms with E-state index >= 15 is 0 Å². The Hall–Kier alpha value is -5.10. The highest BCUT2D eigenvalue weighted by atomic mass is 16.5. The summed E-state index contributed by atoms with van der Waals surface area (Å²) in [7, 11) is 0. The van der Waals surface area contributed by atoms with Crippen molar-refractivity contribution in [3.8, 4) is 0 Å². The van der Waals surface area contributed by atoms with Gasteiger partial charge in [-0.25, -0.2) is 9.67 Å². The minimum atomic E-state index is -0.860. The topological polar surface area (TPSA) is 148 Å². The van der Waals surface area contributed by atoms with Gasteiger partial charge >= 0.3 is 11.8 Å². The van der Waals surface area contributed by atoms with Crippen molar-refractivity contribution in [1.82, 2.24) is 19.7 Å². The van der Waals surface area contributed by atoms with Gasteiger partial charge in [-0.05, 0) is 42.5 Å². The molecule has 43 heavy (non-hydrogen) atoms. The molecular formula is C31H33N7O5. The van der Waals surface area contributed by atoms with Gasteiger partial charge in [0, 0.05) is 39.2 Å². The van der Waals surface area contributed by atoms with E-state index in [-0.39, 0.29) is 36.8 Å². The zero-order valence-electron chi connectivity index (χ0n) is 24.0. The van der Waals surface area contributed by atoms with Crippen LogP contribution in [-0.4, -0.2) is 49.9 Å². The van der Waals surface area contributed by atoms with Crippen molar-refractivity contribution in [2.24, 2.45) is 0 Å². The zero-order valence-corrected chi connectivity index (χ0v) is 24.0. The number of anilines is 3. The Balaban J connectivity index is 1.45. The van der Waals surface area contributed by atoms with Crippen molar-refractivity contribution in [2.75, 3.05) is 22.6 Å². The Bertz CT molecular complexity index is 1650. The van der Waals surface area contributed by atoms with E-state index in [2.05, 4.69) is 26.0 Å². The van der Waals surface area contributed by atoms with Crippen molar-refractivity contribution >= 4 is 51.7 Å². The first-order valence-electron chi connectivity index (χ1n) is 14.0. The predicted octanol–water partition coefficient (Wildman–Crippen LogP) is 4.21. The highest BCUT2D eigenvalue weighted by molar-refractivity contribution is 6.40. The molecule has 4 aromatic rings. The van der Waals surface area contributed by atoms with Gasteiger partial charge in [0.05, 0.1) is 23.5 Å². The van der Waals surface area contributed by atoms with Gasteiger partial charge in [0.15, 0.2) is 6.23 Å². The van der Waals surface area contributed by atoms with Crippen LogP contribution in [0.25, 0.3) is 10.9 Å². The van der Waals surface area contributed by atoms with Crippen LogP contribution in [0.1, 0.15) is 50.5 Å². The lowest BCUT2D eigenvalue weighted by atomic mass is 10.1. The zero-order chi connectivity index (χ0) is 30.3. The van der Waals surface area contributed by atoms with Gasteiger partial charge in [-0.1, -0.05) is 42.5 Å². The monoisotopic (exact) mass is 583 g/mol. The molecule has 3 N–H and O–H groups in total. The second-order valence-corrected chi connectivity index (χ2v) is 10.4. The van der Waals surface area contributed by atoms with Crippen molar-refractivity contribution < 1.29 is 23.9 Å². The number of carbonyl (C=O) groups is 4. The number of carbonyl (C=O) groups excluding carboxylic acids is 4. The fourth-order valence-corrected chi connectivity index (χ4v) is 5.05. The van der Waals surface area contributed by atoms with Gasteiger partial charge in [0.1, 0.15) is 11.3 Å². The molecule has 1 atom stereocenters. The number of pyridine rings is 1. The van der Waals surface area contributed by atoms with Crippen molar-refractivity contribution in [3.63, 3.8) is 0 Å². The molecular weight excluding hydrogens is 550 g/mol. The van der Waals surface area contributed by atoms with E-state index in [0.717, 1.165) is 30.4 Å². The van der Waals surface area contributed by atoms with Gasteiger partial charge in [0.2, 0.25) is 11.8 Å². The summed E-state index contributed by atoms with van der Waals surface area (Å²) in [6.07, 6.45) is 5.22. The summed E-state index contributed by atoms with van der Waals surface area (Å²) in [6, 6.07) is 16.5. The minimum absolute atomic E-state index is 0.123. The molecule has 222 valence electrons. The van der Waals surface area contributed by atoms with E-state index in [1.165, 1.54) is 24.9 Å². The van der Waals surface area contributed by atoms with E-state index in [0.29, 0.717) is 29.0 Å². The van der Waals surface area contributed by atoms with Crippen molar-refractivity contribution in [3.05, 3.63) is 78.1 Å². The Morgan fingerprint density at radius 1 is 0.907 bits per heavy atom. The van der Waals surface area contributed by atoms with Crippen molar-refractivity contribution in [1.29, 1.82) is 0 Å². The number of nitrogens with zero attached hydrogens (tertiary/aromatic N) is 4. The number of rotatable bonds is 8. The molecule has 3 heterocycles. The highest BCUT2D eigenvalue weighted by Gasteiger charge is 2.27. The number of fused-ring (bicyclic) bond motifs is 1. The maximum Gasteiger partial charge on any atom is 0.314 e. The van der Waals surface area contributed by atoms with Crippen LogP contribution < -0.4 is 16.0 Å². The highest BCUT2D eigenvalue weighted by Crippen LogP contribution is 2.33. The molecule has 0 aliphatic carbocycles. The van der Waals surface area contributed by atoms with Crippen LogP contribution in [0, 0.1) is 0 Å². The maximum atomic E-state index is 13.7. The second-order valence-electron chi connectivity index (χ2n) is 10.4. The number of ether oxygens (including phenoxy) is 1. The SMILES string of the molecule is CC(=O)Nc1cccc(CN(Cc2ccccc2)C(=O)C(=O)Nc2cnc(NC(C)=O)c3cnn(C4CCCCO4)c23)c1. The normalized spacial score (nSPS) is 14.6. The number of hydrogen-bond donors (Lipinski definition) is 3. The fourth-order valence-electron chi connectivity index (χ4n) is 5.05. The number of amides is 4. The minimum Gasteiger partial charge on any atom is -0.356 e. The lowest BCUT2D eigenvalue weighted by Gasteiger charge is -2.25. The van der Waals surface area contributed by atoms with Gasteiger partial charge in [0.25, 0.3) is 0 Å². The molecule has 5 rings (SSSR count). The molecule has 1 unspecified atom stereocenters. The molecule has 0 spiro atoms. The van der Waals surface area contributed by atoms with Gasteiger partial charge in [-0.15, -0.1) is 0 Å². The van der Waals surface area contributed by atoms with E-state index in [1.54, 1.807) is 29.1 Å². The number of hydrogen-bond acceptors (Lipinski definition) is 7. The lowest BCUT2D eigenvalue weighted by molar-refractivity contribution is -0.144. The first kappa shape index (κ1) is 29.4. The summed E-state index contributed by atoms with van der Waals surface area (Å²) in [5.41, 5.74) is 2.93. The number of benzene rings is 2. The standard InChI is InChI=1S/C31H33N7O5/c1-20(39)34-24-12-8-11-23(15-24)19-37(18-22-9-4-3-5-10-22)31(42)30(41)36-26-17-32-29(35-21(2)40)25-16-33-38(28(25)26)27-13-6-7-14-43-27/h3-5,8-12,15-17,27H,6-7,13-14,18-19H2,1-2H3,(H,34,39)(H,36,41)(H,32,35,40). The van der Waals surface area contributed by atoms with Gasteiger partial charge in [-0.3, -0.25) is 19.2 Å². The predicted molar refractivity (Wildman–Crippen MR) is 161 cm³/mol. The number of nitrogens with one attached hydrogen (secondary N) is 3. The fraction of sp³-hybridized carbons (Fsp3) is 0.290. The maximum absolute atomic E-state index is 13.7. The number of aromatic nitrogens is 3. The van der Waals surface area contributed by atoms with Crippen LogP contribution in [0.15, 0.2) is 67.0 Å². The third-order valence-corrected chi connectivity index (χ3v) is 6.92. The van der Waals surface area contributed by atoms with Crippen LogP contribution >= 0.6 is 0 Å². The summed E-state index contributed by atoms with van der Waals surface area (Å²) >= 11 is 0. The van der Waals surface area contributed by atoms with Crippen LogP contribution in [0.2, 0.25) is 0 Å². The van der Waals surface area contributed by atoms with E-state index < -0.39 is 11.8 Å². The van der Waals surface area contributed by atoms with Crippen LogP contribution in [0.3, 0.4) is 0 Å². The van der Waals surface area contributed by atoms with E-state index in [4.69, 9.17) is 4.74 Å². The molecule has 0 bridgehead atoms. The lowest BCUT2D eigenvalue weighted by Crippen LogP contribution is -2.39. The average molecular weight is 584 g/mol. The quantitative estimate of drug-likeness (QED) is 0.263. The third-order valence-electron chi connectivity index (χ3n) is 6.92.